The number of ether oxygens (including phenoxy) is 1. The first-order valence-electron chi connectivity index (χ1n) is 7.08. The highest BCUT2D eigenvalue weighted by molar-refractivity contribution is 5.37. The molecule has 1 aliphatic rings. The molecule has 2 nitrogen and oxygen atoms in total. The van der Waals surface area contributed by atoms with Crippen LogP contribution < -0.4 is 0 Å². The molecule has 0 unspecified atom stereocenters. The SMILES string of the molecule is C=C(/C=C\C=C/C)[C@@H]1OCCN(C)Cc2ccccc21. The minimum Gasteiger partial charge on any atom is -0.367 e. The lowest BCUT2D eigenvalue weighted by atomic mass is 9.96. The van der Waals surface area contributed by atoms with E-state index in [2.05, 4.69) is 42.8 Å². The number of rotatable bonds is 3. The lowest BCUT2D eigenvalue weighted by molar-refractivity contribution is 0.0552. The van der Waals surface area contributed by atoms with Gasteiger partial charge >= 0.3 is 0 Å². The van der Waals surface area contributed by atoms with Gasteiger partial charge in [-0.05, 0) is 30.7 Å². The smallest absolute Gasteiger partial charge is 0.107 e. The Morgan fingerprint density at radius 2 is 2.15 bits per heavy atom. The molecule has 0 amide bonds. The van der Waals surface area contributed by atoms with Crippen LogP contribution in [0, 0.1) is 0 Å². The normalized spacial score (nSPS) is 20.8. The predicted molar refractivity (Wildman–Crippen MR) is 84.6 cm³/mol. The average molecular weight is 269 g/mol. The van der Waals surface area contributed by atoms with Crippen molar-refractivity contribution in [3.8, 4) is 0 Å². The average Bonchev–Trinajstić information content (AvgIpc) is 2.42. The molecule has 1 aliphatic heterocycles. The van der Waals surface area contributed by atoms with Crippen molar-refractivity contribution < 1.29 is 4.74 Å². The van der Waals surface area contributed by atoms with Crippen molar-refractivity contribution in [3.63, 3.8) is 0 Å². The monoisotopic (exact) mass is 269 g/mol. The molecular formula is C18H23NO. The molecular weight excluding hydrogens is 246 g/mol. The van der Waals surface area contributed by atoms with Gasteiger partial charge in [0.2, 0.25) is 0 Å². The second-order valence-corrected chi connectivity index (χ2v) is 5.15. The molecule has 20 heavy (non-hydrogen) atoms. The van der Waals surface area contributed by atoms with Gasteiger partial charge in [0.25, 0.3) is 0 Å². The summed E-state index contributed by atoms with van der Waals surface area (Å²) in [6.45, 7) is 8.82. The molecule has 0 saturated carbocycles. The van der Waals surface area contributed by atoms with Gasteiger partial charge in [0, 0.05) is 13.1 Å². The quantitative estimate of drug-likeness (QED) is 0.772. The van der Waals surface area contributed by atoms with Gasteiger partial charge in [-0.2, -0.15) is 0 Å². The molecule has 0 saturated heterocycles. The van der Waals surface area contributed by atoms with Crippen LogP contribution >= 0.6 is 0 Å². The van der Waals surface area contributed by atoms with Gasteiger partial charge in [0.1, 0.15) is 6.10 Å². The highest BCUT2D eigenvalue weighted by atomic mass is 16.5. The Balaban J connectivity index is 2.28. The summed E-state index contributed by atoms with van der Waals surface area (Å²) in [5, 5.41) is 0. The molecule has 0 spiro atoms. The molecule has 2 heteroatoms. The summed E-state index contributed by atoms with van der Waals surface area (Å²) in [5.41, 5.74) is 3.55. The molecule has 1 atom stereocenters. The summed E-state index contributed by atoms with van der Waals surface area (Å²) in [4.78, 5) is 2.29. The van der Waals surface area contributed by atoms with Gasteiger partial charge in [-0.3, -0.25) is 4.90 Å². The molecule has 0 radical (unpaired) electrons. The Bertz CT molecular complexity index is 516. The number of benzene rings is 1. The lowest BCUT2D eigenvalue weighted by Crippen LogP contribution is -2.27. The van der Waals surface area contributed by atoms with E-state index in [0.29, 0.717) is 0 Å². The molecule has 2 rings (SSSR count). The standard InChI is InChI=1S/C18H23NO/c1-4-5-6-9-15(2)18-17-11-8-7-10-16(17)14-19(3)12-13-20-18/h4-11,18H,2,12-14H2,1,3H3/b5-4-,9-6-/t18-/m0/s1. The Labute approximate surface area is 122 Å². The molecule has 1 aromatic carbocycles. The molecule has 0 bridgehead atoms. The fraction of sp³-hybridized carbons (Fsp3) is 0.333. The number of nitrogens with zero attached hydrogens (tertiary/aromatic N) is 1. The van der Waals surface area contributed by atoms with Crippen molar-refractivity contribution in [3.05, 3.63) is 71.8 Å². The van der Waals surface area contributed by atoms with Gasteiger partial charge in [0.05, 0.1) is 6.61 Å². The Morgan fingerprint density at radius 1 is 1.35 bits per heavy atom. The zero-order valence-corrected chi connectivity index (χ0v) is 12.4. The van der Waals surface area contributed by atoms with Crippen LogP contribution in [0.5, 0.6) is 0 Å². The maximum atomic E-state index is 6.06. The molecule has 106 valence electrons. The van der Waals surface area contributed by atoms with E-state index < -0.39 is 0 Å². The number of hydrogen-bond donors (Lipinski definition) is 0. The van der Waals surface area contributed by atoms with Crippen molar-refractivity contribution in [1.29, 1.82) is 0 Å². The van der Waals surface area contributed by atoms with E-state index in [-0.39, 0.29) is 6.10 Å². The van der Waals surface area contributed by atoms with E-state index in [1.807, 2.05) is 31.2 Å². The van der Waals surface area contributed by atoms with Crippen molar-refractivity contribution in [2.24, 2.45) is 0 Å². The van der Waals surface area contributed by atoms with Crippen LogP contribution in [0.1, 0.15) is 24.2 Å². The second kappa shape index (κ2) is 7.22. The Hall–Kier alpha value is -1.64. The molecule has 0 N–H and O–H groups in total. The number of fused-ring (bicyclic) bond motifs is 1. The first-order valence-corrected chi connectivity index (χ1v) is 7.08. The van der Waals surface area contributed by atoms with Gasteiger partial charge in [0.15, 0.2) is 0 Å². The van der Waals surface area contributed by atoms with Crippen molar-refractivity contribution >= 4 is 0 Å². The maximum Gasteiger partial charge on any atom is 0.107 e. The largest absolute Gasteiger partial charge is 0.367 e. The van der Waals surface area contributed by atoms with Crippen molar-refractivity contribution in [2.75, 3.05) is 20.2 Å². The Morgan fingerprint density at radius 3 is 2.95 bits per heavy atom. The van der Waals surface area contributed by atoms with Gasteiger partial charge in [-0.1, -0.05) is 55.1 Å². The molecule has 1 heterocycles. The van der Waals surface area contributed by atoms with Crippen molar-refractivity contribution in [1.82, 2.24) is 4.90 Å². The van der Waals surface area contributed by atoms with E-state index in [9.17, 15) is 0 Å². The van der Waals surface area contributed by atoms with E-state index in [1.54, 1.807) is 0 Å². The summed E-state index contributed by atoms with van der Waals surface area (Å²) in [6, 6.07) is 8.48. The zero-order chi connectivity index (χ0) is 14.4. The number of hydrogen-bond acceptors (Lipinski definition) is 2. The van der Waals surface area contributed by atoms with Crippen LogP contribution in [0.3, 0.4) is 0 Å². The fourth-order valence-electron chi connectivity index (χ4n) is 2.40. The minimum absolute atomic E-state index is 0.0404. The highest BCUT2D eigenvalue weighted by Gasteiger charge is 2.20. The second-order valence-electron chi connectivity index (χ2n) is 5.15. The third-order valence-corrected chi connectivity index (χ3v) is 3.49. The van der Waals surface area contributed by atoms with Crippen LogP contribution in [-0.4, -0.2) is 25.1 Å². The van der Waals surface area contributed by atoms with Crippen LogP contribution in [-0.2, 0) is 11.3 Å². The lowest BCUT2D eigenvalue weighted by Gasteiger charge is -2.28. The third kappa shape index (κ3) is 3.69. The van der Waals surface area contributed by atoms with Crippen LogP contribution in [0.25, 0.3) is 0 Å². The van der Waals surface area contributed by atoms with E-state index in [0.717, 1.165) is 25.3 Å². The molecule has 0 fully saturated rings. The van der Waals surface area contributed by atoms with Crippen LogP contribution in [0.2, 0.25) is 0 Å². The molecule has 0 aromatic heterocycles. The highest BCUT2D eigenvalue weighted by Crippen LogP contribution is 2.30. The van der Waals surface area contributed by atoms with E-state index in [4.69, 9.17) is 4.74 Å². The summed E-state index contributed by atoms with van der Waals surface area (Å²) in [7, 11) is 2.13. The van der Waals surface area contributed by atoms with Crippen LogP contribution in [0.4, 0.5) is 0 Å². The maximum absolute atomic E-state index is 6.06. The first kappa shape index (κ1) is 14.8. The summed E-state index contributed by atoms with van der Waals surface area (Å²) < 4.78 is 6.06. The van der Waals surface area contributed by atoms with E-state index >= 15 is 0 Å². The van der Waals surface area contributed by atoms with Gasteiger partial charge in [-0.25, -0.2) is 0 Å². The fourth-order valence-corrected chi connectivity index (χ4v) is 2.40. The van der Waals surface area contributed by atoms with Crippen LogP contribution in [0.15, 0.2) is 60.7 Å². The van der Waals surface area contributed by atoms with E-state index in [1.165, 1.54) is 11.1 Å². The molecule has 0 aliphatic carbocycles. The summed E-state index contributed by atoms with van der Waals surface area (Å²) in [6.07, 6.45) is 8.02. The predicted octanol–water partition coefficient (Wildman–Crippen LogP) is 3.88. The topological polar surface area (TPSA) is 12.5 Å². The summed E-state index contributed by atoms with van der Waals surface area (Å²) in [5.74, 6) is 0. The molecule has 1 aromatic rings. The third-order valence-electron chi connectivity index (χ3n) is 3.49. The summed E-state index contributed by atoms with van der Waals surface area (Å²) >= 11 is 0. The number of allylic oxidation sites excluding steroid dienone is 3. The minimum atomic E-state index is -0.0404. The number of likely N-dealkylation sites (N-methyl/N-ethyl adjacent to an activating group) is 1. The van der Waals surface area contributed by atoms with Gasteiger partial charge < -0.3 is 4.74 Å². The first-order chi connectivity index (χ1) is 9.72. The Kier molecular flexibility index (Phi) is 5.33. The van der Waals surface area contributed by atoms with Crippen molar-refractivity contribution in [2.45, 2.75) is 19.6 Å². The van der Waals surface area contributed by atoms with Gasteiger partial charge in [-0.15, -0.1) is 0 Å². The zero-order valence-electron chi connectivity index (χ0n) is 12.4.